The molecule has 2 amide bonds. The Labute approximate surface area is 239 Å². The molecule has 3 atom stereocenters. The molecule has 0 spiro atoms. The van der Waals surface area contributed by atoms with Gasteiger partial charge in [0.2, 0.25) is 11.8 Å². The molecule has 1 saturated heterocycles. The molecule has 1 aliphatic carbocycles. The van der Waals surface area contributed by atoms with Crippen molar-refractivity contribution in [2.75, 3.05) is 7.11 Å². The Kier molecular flexibility index (Phi) is 9.31. The standard InChI is InChI=1S/C32H45BN2O5/c1-21(2)18-28(33-39-31(3,4)32(5,6)40-33)35-30(37)26(19-22-12-9-8-10-13-22)34-29(36)24-16-17-25-23(20-24)14-11-15-27(25)38-7/h8-15,21,24,26,28H,16-20H2,1-7H3,(H,34,36)(H,35,37)/t24?,26-,28?/m0/s1. The van der Waals surface area contributed by atoms with Gasteiger partial charge in [0.25, 0.3) is 0 Å². The number of hydrogen-bond acceptors (Lipinski definition) is 5. The van der Waals surface area contributed by atoms with Gasteiger partial charge in [-0.1, -0.05) is 56.3 Å². The fourth-order valence-electron chi connectivity index (χ4n) is 5.62. The lowest BCUT2D eigenvalue weighted by Gasteiger charge is -2.32. The molecule has 2 aliphatic rings. The Morgan fingerprint density at radius 1 is 1.00 bits per heavy atom. The number of carbonyl (C=O) groups excluding carboxylic acids is 2. The highest BCUT2D eigenvalue weighted by molar-refractivity contribution is 6.48. The molecule has 4 rings (SSSR count). The average Bonchev–Trinajstić information content (AvgIpc) is 3.13. The first kappa shape index (κ1) is 30.1. The predicted molar refractivity (Wildman–Crippen MR) is 158 cm³/mol. The van der Waals surface area contributed by atoms with Crippen molar-refractivity contribution < 1.29 is 23.6 Å². The summed E-state index contributed by atoms with van der Waals surface area (Å²) in [5, 5.41) is 6.32. The minimum atomic E-state index is -0.723. The molecule has 2 aromatic carbocycles. The molecule has 216 valence electrons. The van der Waals surface area contributed by atoms with E-state index in [0.717, 1.165) is 23.3 Å². The SMILES string of the molecule is COc1cccc2c1CCC(C(=O)N[C@@H](Cc1ccccc1)C(=O)NC(CC(C)C)B1OC(C)(C)C(C)(C)O1)C2. The summed E-state index contributed by atoms with van der Waals surface area (Å²) in [5.74, 6) is 0.302. The van der Waals surface area contributed by atoms with E-state index in [-0.39, 0.29) is 23.7 Å². The first-order valence-corrected chi connectivity index (χ1v) is 14.5. The lowest BCUT2D eigenvalue weighted by Crippen LogP contribution is -2.56. The summed E-state index contributed by atoms with van der Waals surface area (Å²) in [6, 6.07) is 15.1. The number of benzene rings is 2. The summed E-state index contributed by atoms with van der Waals surface area (Å²) in [7, 11) is 1.10. The van der Waals surface area contributed by atoms with E-state index in [4.69, 9.17) is 14.0 Å². The van der Waals surface area contributed by atoms with Crippen molar-refractivity contribution in [3.63, 3.8) is 0 Å². The fourth-order valence-corrected chi connectivity index (χ4v) is 5.62. The van der Waals surface area contributed by atoms with Gasteiger partial charge < -0.3 is 24.7 Å². The van der Waals surface area contributed by atoms with E-state index in [2.05, 4.69) is 30.5 Å². The molecule has 0 radical (unpaired) electrons. The van der Waals surface area contributed by atoms with Crippen LogP contribution in [0.3, 0.4) is 0 Å². The second-order valence-corrected chi connectivity index (χ2v) is 12.7. The number of amides is 2. The van der Waals surface area contributed by atoms with Crippen LogP contribution in [0.1, 0.15) is 71.1 Å². The fraction of sp³-hybridized carbons (Fsp3) is 0.562. The first-order valence-electron chi connectivity index (χ1n) is 14.5. The van der Waals surface area contributed by atoms with Crippen molar-refractivity contribution in [2.45, 2.75) is 96.8 Å². The third-order valence-electron chi connectivity index (χ3n) is 8.60. The molecule has 40 heavy (non-hydrogen) atoms. The predicted octanol–water partition coefficient (Wildman–Crippen LogP) is 4.69. The van der Waals surface area contributed by atoms with Crippen molar-refractivity contribution in [1.29, 1.82) is 0 Å². The van der Waals surface area contributed by atoms with Crippen molar-refractivity contribution in [2.24, 2.45) is 11.8 Å². The number of ether oxygens (including phenoxy) is 1. The molecular formula is C32H45BN2O5. The third kappa shape index (κ3) is 6.89. The Morgan fingerprint density at radius 2 is 1.68 bits per heavy atom. The first-order chi connectivity index (χ1) is 18.9. The zero-order valence-electron chi connectivity index (χ0n) is 25.1. The largest absolute Gasteiger partial charge is 0.496 e. The number of methoxy groups -OCH3 is 1. The van der Waals surface area contributed by atoms with E-state index in [1.807, 2.05) is 70.2 Å². The minimum absolute atomic E-state index is 0.0967. The molecule has 1 aliphatic heterocycles. The average molecular weight is 549 g/mol. The number of fused-ring (bicyclic) bond motifs is 1. The summed E-state index contributed by atoms with van der Waals surface area (Å²) in [6.07, 6.45) is 3.19. The topological polar surface area (TPSA) is 85.9 Å². The summed E-state index contributed by atoms with van der Waals surface area (Å²) in [6.45, 7) is 12.3. The van der Waals surface area contributed by atoms with Gasteiger partial charge in [0, 0.05) is 12.3 Å². The van der Waals surface area contributed by atoms with Crippen LogP contribution >= 0.6 is 0 Å². The summed E-state index contributed by atoms with van der Waals surface area (Å²) in [4.78, 5) is 27.5. The van der Waals surface area contributed by atoms with E-state index >= 15 is 0 Å². The molecule has 0 saturated carbocycles. The molecule has 8 heteroatoms. The van der Waals surface area contributed by atoms with Gasteiger partial charge in [0.15, 0.2) is 0 Å². The van der Waals surface area contributed by atoms with Crippen LogP contribution < -0.4 is 15.4 Å². The molecule has 1 heterocycles. The lowest BCUT2D eigenvalue weighted by molar-refractivity contribution is -0.131. The minimum Gasteiger partial charge on any atom is -0.496 e. The van der Waals surface area contributed by atoms with Crippen LogP contribution in [0.2, 0.25) is 0 Å². The van der Waals surface area contributed by atoms with Gasteiger partial charge in [-0.25, -0.2) is 0 Å². The number of nitrogens with one attached hydrogen (secondary N) is 2. The second-order valence-electron chi connectivity index (χ2n) is 12.7. The van der Waals surface area contributed by atoms with Gasteiger partial charge in [-0.2, -0.15) is 0 Å². The molecule has 2 aromatic rings. The maximum Gasteiger partial charge on any atom is 0.481 e. The van der Waals surface area contributed by atoms with Gasteiger partial charge >= 0.3 is 7.12 Å². The van der Waals surface area contributed by atoms with E-state index in [9.17, 15) is 9.59 Å². The van der Waals surface area contributed by atoms with Gasteiger partial charge in [-0.3, -0.25) is 9.59 Å². The Balaban J connectivity index is 1.51. The van der Waals surface area contributed by atoms with Crippen LogP contribution in [0.4, 0.5) is 0 Å². The zero-order valence-corrected chi connectivity index (χ0v) is 25.1. The van der Waals surface area contributed by atoms with Crippen LogP contribution in [-0.4, -0.2) is 49.2 Å². The number of rotatable bonds is 10. The quantitative estimate of drug-likeness (QED) is 0.421. The Hall–Kier alpha value is -2.84. The Bertz CT molecular complexity index is 1170. The normalized spacial score (nSPS) is 20.9. The number of carbonyl (C=O) groups is 2. The van der Waals surface area contributed by atoms with Gasteiger partial charge in [0.1, 0.15) is 11.8 Å². The highest BCUT2D eigenvalue weighted by Crippen LogP contribution is 2.38. The lowest BCUT2D eigenvalue weighted by atomic mass is 9.73. The maximum atomic E-state index is 13.9. The summed E-state index contributed by atoms with van der Waals surface area (Å²) in [5.41, 5.74) is 2.28. The zero-order chi connectivity index (χ0) is 29.1. The van der Waals surface area contributed by atoms with Gasteiger partial charge in [-0.15, -0.1) is 0 Å². The van der Waals surface area contributed by atoms with E-state index in [1.54, 1.807) is 7.11 Å². The maximum absolute atomic E-state index is 13.9. The highest BCUT2D eigenvalue weighted by Gasteiger charge is 2.54. The molecule has 7 nitrogen and oxygen atoms in total. The third-order valence-corrected chi connectivity index (χ3v) is 8.60. The molecule has 1 fully saturated rings. The van der Waals surface area contributed by atoms with Crippen LogP contribution in [0.15, 0.2) is 48.5 Å². The summed E-state index contributed by atoms with van der Waals surface area (Å²) >= 11 is 0. The molecule has 0 bridgehead atoms. The molecular weight excluding hydrogens is 503 g/mol. The van der Waals surface area contributed by atoms with Crippen LogP contribution in [0.5, 0.6) is 5.75 Å². The van der Waals surface area contributed by atoms with Crippen LogP contribution in [-0.2, 0) is 38.2 Å². The van der Waals surface area contributed by atoms with Crippen molar-refractivity contribution >= 4 is 18.9 Å². The second kappa shape index (κ2) is 12.4. The molecule has 2 unspecified atom stereocenters. The molecule has 0 aromatic heterocycles. The van der Waals surface area contributed by atoms with Crippen molar-refractivity contribution in [3.05, 3.63) is 65.2 Å². The number of hydrogen-bond donors (Lipinski definition) is 2. The van der Waals surface area contributed by atoms with Gasteiger partial charge in [0.05, 0.1) is 24.3 Å². The van der Waals surface area contributed by atoms with E-state index in [1.165, 1.54) is 5.56 Å². The van der Waals surface area contributed by atoms with Crippen molar-refractivity contribution in [3.8, 4) is 5.75 Å². The van der Waals surface area contributed by atoms with E-state index < -0.39 is 24.4 Å². The Morgan fingerprint density at radius 3 is 2.30 bits per heavy atom. The highest BCUT2D eigenvalue weighted by atomic mass is 16.7. The monoisotopic (exact) mass is 548 g/mol. The smallest absolute Gasteiger partial charge is 0.481 e. The van der Waals surface area contributed by atoms with Crippen LogP contribution in [0.25, 0.3) is 0 Å². The van der Waals surface area contributed by atoms with Crippen molar-refractivity contribution in [1.82, 2.24) is 10.6 Å². The molecule has 2 N–H and O–H groups in total. The van der Waals surface area contributed by atoms with E-state index in [0.29, 0.717) is 31.6 Å². The summed E-state index contributed by atoms with van der Waals surface area (Å²) < 4.78 is 18.2. The van der Waals surface area contributed by atoms with Crippen LogP contribution in [0, 0.1) is 11.8 Å². The van der Waals surface area contributed by atoms with Gasteiger partial charge in [-0.05, 0) is 82.1 Å².